The summed E-state index contributed by atoms with van der Waals surface area (Å²) in [5, 5.41) is 6.35. The summed E-state index contributed by atoms with van der Waals surface area (Å²) in [7, 11) is -3.59. The lowest BCUT2D eigenvalue weighted by atomic mass is 9.94. The summed E-state index contributed by atoms with van der Waals surface area (Å²) in [5.74, 6) is 0.242. The second-order valence-corrected chi connectivity index (χ2v) is 10.1. The van der Waals surface area contributed by atoms with Crippen molar-refractivity contribution in [2.75, 3.05) is 19.6 Å². The largest absolute Gasteiger partial charge is 0.350 e. The van der Waals surface area contributed by atoms with Crippen LogP contribution in [0, 0.1) is 12.8 Å². The minimum absolute atomic E-state index is 0.0698. The third kappa shape index (κ3) is 3.51. The molecule has 0 bridgehead atoms. The van der Waals surface area contributed by atoms with Crippen LogP contribution in [0.3, 0.4) is 0 Å². The van der Waals surface area contributed by atoms with Gasteiger partial charge < -0.3 is 10.6 Å². The van der Waals surface area contributed by atoms with Gasteiger partial charge >= 0.3 is 0 Å². The van der Waals surface area contributed by atoms with E-state index in [4.69, 9.17) is 0 Å². The Kier molecular flexibility index (Phi) is 5.29. The van der Waals surface area contributed by atoms with Gasteiger partial charge in [-0.25, -0.2) is 8.42 Å². The zero-order valence-corrected chi connectivity index (χ0v) is 15.8. The molecule has 0 saturated carbocycles. The molecule has 3 unspecified atom stereocenters. The topological polar surface area (TPSA) is 78.5 Å². The molecular weight excluding hydrogens is 346 g/mol. The third-order valence-electron chi connectivity index (χ3n) is 4.94. The third-order valence-corrected chi connectivity index (χ3v) is 8.32. The molecule has 8 heteroatoms. The molecule has 3 atom stereocenters. The fourth-order valence-electron chi connectivity index (χ4n) is 3.42. The maximum absolute atomic E-state index is 12.9. The number of rotatable bonds is 4. The Morgan fingerprint density at radius 3 is 2.83 bits per heavy atom. The van der Waals surface area contributed by atoms with Crippen LogP contribution in [0.2, 0.25) is 0 Å². The molecule has 1 aromatic rings. The van der Waals surface area contributed by atoms with E-state index in [-0.39, 0.29) is 11.9 Å². The van der Waals surface area contributed by atoms with Gasteiger partial charge in [-0.2, -0.15) is 4.31 Å². The summed E-state index contributed by atoms with van der Waals surface area (Å²) in [6, 6.07) is 2.92. The number of carbonyl (C=O) groups is 1. The van der Waals surface area contributed by atoms with E-state index in [9.17, 15) is 13.2 Å². The van der Waals surface area contributed by atoms with E-state index in [2.05, 4.69) is 17.6 Å². The molecule has 3 heterocycles. The first kappa shape index (κ1) is 17.8. The number of hydrogen-bond acceptors (Lipinski definition) is 5. The van der Waals surface area contributed by atoms with Crippen molar-refractivity contribution in [3.05, 3.63) is 17.0 Å². The molecule has 1 amide bonds. The van der Waals surface area contributed by atoms with Crippen LogP contribution in [0.4, 0.5) is 0 Å². The van der Waals surface area contributed by atoms with Crippen molar-refractivity contribution in [1.82, 2.24) is 14.9 Å². The number of amides is 1. The van der Waals surface area contributed by atoms with Crippen molar-refractivity contribution in [1.29, 1.82) is 0 Å². The molecule has 0 aliphatic carbocycles. The molecule has 2 aliphatic heterocycles. The van der Waals surface area contributed by atoms with Crippen molar-refractivity contribution in [3.8, 4) is 0 Å². The number of piperidine rings is 1. The van der Waals surface area contributed by atoms with Crippen LogP contribution in [0.5, 0.6) is 0 Å². The maximum Gasteiger partial charge on any atom is 0.253 e. The molecule has 24 heavy (non-hydrogen) atoms. The van der Waals surface area contributed by atoms with Gasteiger partial charge in [0, 0.05) is 24.0 Å². The normalized spacial score (nSPS) is 28.8. The number of nitrogens with one attached hydrogen (secondary N) is 2. The van der Waals surface area contributed by atoms with Crippen LogP contribution in [0.15, 0.2) is 16.3 Å². The Bertz CT molecular complexity index is 701. The minimum Gasteiger partial charge on any atom is -0.350 e. The maximum atomic E-state index is 12.9. The number of carbonyl (C=O) groups excluding carboxylic acids is 1. The van der Waals surface area contributed by atoms with Crippen molar-refractivity contribution in [2.45, 2.75) is 49.4 Å². The lowest BCUT2D eigenvalue weighted by Crippen LogP contribution is -2.55. The standard InChI is InChI=1S/C16H25N3O3S2/c1-11-7-8-17-10-13(11)18-16(20)14-4-3-9-19(14)24(21,22)15-6-5-12(2)23-15/h5-6,11,13-14,17H,3-4,7-10H2,1-2H3,(H,18,20). The Balaban J connectivity index is 1.74. The van der Waals surface area contributed by atoms with Crippen LogP contribution < -0.4 is 10.6 Å². The van der Waals surface area contributed by atoms with E-state index in [0.717, 1.165) is 30.8 Å². The monoisotopic (exact) mass is 371 g/mol. The van der Waals surface area contributed by atoms with E-state index in [1.807, 2.05) is 6.92 Å². The molecule has 134 valence electrons. The summed E-state index contributed by atoms with van der Waals surface area (Å²) in [6.07, 6.45) is 2.33. The molecule has 2 N–H and O–H groups in total. The summed E-state index contributed by atoms with van der Waals surface area (Å²) >= 11 is 1.26. The molecule has 2 aliphatic rings. The number of hydrogen-bond donors (Lipinski definition) is 2. The van der Waals surface area contributed by atoms with E-state index >= 15 is 0 Å². The fourth-order valence-corrected chi connectivity index (χ4v) is 6.49. The van der Waals surface area contributed by atoms with Gasteiger partial charge in [-0.3, -0.25) is 4.79 Å². The molecule has 2 fully saturated rings. The first-order chi connectivity index (χ1) is 11.4. The highest BCUT2D eigenvalue weighted by molar-refractivity contribution is 7.91. The van der Waals surface area contributed by atoms with Gasteiger partial charge in [0.15, 0.2) is 0 Å². The lowest BCUT2D eigenvalue weighted by Gasteiger charge is -2.32. The predicted molar refractivity (Wildman–Crippen MR) is 94.6 cm³/mol. The highest BCUT2D eigenvalue weighted by atomic mass is 32.2. The minimum atomic E-state index is -3.59. The van der Waals surface area contributed by atoms with E-state index in [0.29, 0.717) is 23.1 Å². The SMILES string of the molecule is Cc1ccc(S(=O)(=O)N2CCCC2C(=O)NC2CNCCC2C)s1. The Hall–Kier alpha value is -0.960. The van der Waals surface area contributed by atoms with Gasteiger partial charge in [-0.05, 0) is 50.8 Å². The van der Waals surface area contributed by atoms with E-state index < -0.39 is 16.1 Å². The van der Waals surface area contributed by atoms with Crippen molar-refractivity contribution in [2.24, 2.45) is 5.92 Å². The van der Waals surface area contributed by atoms with Crippen LogP contribution >= 0.6 is 11.3 Å². The van der Waals surface area contributed by atoms with Crippen LogP contribution in [-0.2, 0) is 14.8 Å². The zero-order chi connectivity index (χ0) is 17.3. The van der Waals surface area contributed by atoms with Gasteiger partial charge in [-0.15, -0.1) is 11.3 Å². The number of thiophene rings is 1. The Morgan fingerprint density at radius 1 is 1.38 bits per heavy atom. The molecular formula is C16H25N3O3S2. The second-order valence-electron chi connectivity index (χ2n) is 6.72. The Morgan fingerprint density at radius 2 is 2.17 bits per heavy atom. The highest BCUT2D eigenvalue weighted by Gasteiger charge is 2.40. The van der Waals surface area contributed by atoms with Crippen molar-refractivity contribution in [3.63, 3.8) is 0 Å². The molecule has 0 radical (unpaired) electrons. The molecule has 0 spiro atoms. The van der Waals surface area contributed by atoms with Crippen LogP contribution in [0.25, 0.3) is 0 Å². The average Bonchev–Trinajstić information content (AvgIpc) is 3.18. The predicted octanol–water partition coefficient (Wildman–Crippen LogP) is 1.32. The smallest absolute Gasteiger partial charge is 0.253 e. The van der Waals surface area contributed by atoms with E-state index in [1.54, 1.807) is 12.1 Å². The highest BCUT2D eigenvalue weighted by Crippen LogP contribution is 2.30. The van der Waals surface area contributed by atoms with Gasteiger partial charge in [0.1, 0.15) is 10.3 Å². The Labute approximate surface area is 147 Å². The summed E-state index contributed by atoms with van der Waals surface area (Å²) in [5.41, 5.74) is 0. The van der Waals surface area contributed by atoms with Crippen molar-refractivity contribution >= 4 is 27.3 Å². The second kappa shape index (κ2) is 7.11. The van der Waals surface area contributed by atoms with E-state index in [1.165, 1.54) is 15.6 Å². The summed E-state index contributed by atoms with van der Waals surface area (Å²) in [4.78, 5) is 13.7. The van der Waals surface area contributed by atoms with Gasteiger partial charge in [0.2, 0.25) is 5.91 Å². The number of aryl methyl sites for hydroxylation is 1. The molecule has 2 saturated heterocycles. The first-order valence-corrected chi connectivity index (χ1v) is 10.7. The van der Waals surface area contributed by atoms with Crippen LogP contribution in [0.1, 0.15) is 31.1 Å². The lowest BCUT2D eigenvalue weighted by molar-refractivity contribution is -0.125. The molecule has 6 nitrogen and oxygen atoms in total. The summed E-state index contributed by atoms with van der Waals surface area (Å²) in [6.45, 7) is 6.14. The van der Waals surface area contributed by atoms with Gasteiger partial charge in [-0.1, -0.05) is 6.92 Å². The number of sulfonamides is 1. The fraction of sp³-hybridized carbons (Fsp3) is 0.688. The van der Waals surface area contributed by atoms with Gasteiger partial charge in [0.05, 0.1) is 0 Å². The molecule has 0 aromatic carbocycles. The molecule has 1 aromatic heterocycles. The van der Waals surface area contributed by atoms with Crippen LogP contribution in [-0.4, -0.2) is 50.3 Å². The first-order valence-electron chi connectivity index (χ1n) is 8.49. The van der Waals surface area contributed by atoms with Gasteiger partial charge in [0.25, 0.3) is 10.0 Å². The van der Waals surface area contributed by atoms with Crippen molar-refractivity contribution < 1.29 is 13.2 Å². The average molecular weight is 372 g/mol. The zero-order valence-electron chi connectivity index (χ0n) is 14.1. The number of nitrogens with zero attached hydrogens (tertiary/aromatic N) is 1. The quantitative estimate of drug-likeness (QED) is 0.837. The molecule has 3 rings (SSSR count). The summed E-state index contributed by atoms with van der Waals surface area (Å²) < 4.78 is 27.4.